The van der Waals surface area contributed by atoms with E-state index in [2.05, 4.69) is 16.8 Å². The maximum Gasteiger partial charge on any atom is 0.307 e. The molecule has 0 fully saturated rings. The van der Waals surface area contributed by atoms with Gasteiger partial charge in [0.25, 0.3) is 0 Å². The van der Waals surface area contributed by atoms with Crippen molar-refractivity contribution in [1.29, 1.82) is 0 Å². The van der Waals surface area contributed by atoms with Crippen molar-refractivity contribution in [1.82, 2.24) is 4.98 Å². The number of nitrogens with two attached hydrogens (primary N) is 1. The number of carbonyl (C=O) groups is 1. The third-order valence-electron chi connectivity index (χ3n) is 1.87. The monoisotopic (exact) mass is 246 g/mol. The molecule has 18 heavy (non-hydrogen) atoms. The van der Waals surface area contributed by atoms with Crippen LogP contribution in [0.5, 0.6) is 0 Å². The first-order valence-corrected chi connectivity index (χ1v) is 5.78. The van der Waals surface area contributed by atoms with Crippen LogP contribution in [0.2, 0.25) is 0 Å². The van der Waals surface area contributed by atoms with Gasteiger partial charge in [-0.05, 0) is 26.8 Å². The number of carbonyl (C=O) groups excluding carboxylic acids is 1. The highest BCUT2D eigenvalue weighted by Crippen LogP contribution is 2.09. The van der Waals surface area contributed by atoms with Crippen LogP contribution in [0, 0.1) is 11.8 Å². The standard InChI is InChI=1S/C14H18N2O2/c1-14(2,3)18-13(17)7-5-4-6-11-8-12(15)10-16-9-11/h8-10H,5,7,15H2,1-3H3. The van der Waals surface area contributed by atoms with Gasteiger partial charge < -0.3 is 10.5 Å². The van der Waals surface area contributed by atoms with E-state index in [1.54, 1.807) is 18.5 Å². The van der Waals surface area contributed by atoms with Crippen LogP contribution in [0.25, 0.3) is 0 Å². The molecule has 0 aliphatic carbocycles. The van der Waals surface area contributed by atoms with E-state index in [1.165, 1.54) is 0 Å². The summed E-state index contributed by atoms with van der Waals surface area (Å²) in [6.07, 6.45) is 3.95. The second-order valence-corrected chi connectivity index (χ2v) is 4.90. The third kappa shape index (κ3) is 5.90. The Labute approximate surface area is 108 Å². The fraction of sp³-hybridized carbons (Fsp3) is 0.429. The number of pyridine rings is 1. The molecule has 2 N–H and O–H groups in total. The zero-order chi connectivity index (χ0) is 13.6. The number of nitrogen functional groups attached to an aromatic ring is 1. The third-order valence-corrected chi connectivity index (χ3v) is 1.87. The predicted molar refractivity (Wildman–Crippen MR) is 70.6 cm³/mol. The number of esters is 1. The highest BCUT2D eigenvalue weighted by atomic mass is 16.6. The predicted octanol–water partition coefficient (Wildman–Crippen LogP) is 2.14. The quantitative estimate of drug-likeness (QED) is 0.641. The van der Waals surface area contributed by atoms with E-state index < -0.39 is 5.60 Å². The van der Waals surface area contributed by atoms with Crippen LogP contribution in [0.3, 0.4) is 0 Å². The number of nitrogens with zero attached hydrogens (tertiary/aromatic N) is 1. The topological polar surface area (TPSA) is 65.2 Å². The summed E-state index contributed by atoms with van der Waals surface area (Å²) in [7, 11) is 0. The van der Waals surface area contributed by atoms with Gasteiger partial charge in [-0.25, -0.2) is 0 Å². The molecular weight excluding hydrogens is 228 g/mol. The van der Waals surface area contributed by atoms with E-state index >= 15 is 0 Å². The van der Waals surface area contributed by atoms with Gasteiger partial charge in [0.1, 0.15) is 5.60 Å². The minimum absolute atomic E-state index is 0.234. The van der Waals surface area contributed by atoms with Crippen LogP contribution in [-0.4, -0.2) is 16.6 Å². The molecule has 0 atom stereocenters. The first-order chi connectivity index (χ1) is 8.37. The fourth-order valence-electron chi connectivity index (χ4n) is 1.25. The Morgan fingerprint density at radius 3 is 2.78 bits per heavy atom. The van der Waals surface area contributed by atoms with Gasteiger partial charge in [-0.2, -0.15) is 0 Å². The molecule has 0 aromatic carbocycles. The van der Waals surface area contributed by atoms with E-state index in [0.717, 1.165) is 5.56 Å². The molecule has 0 aliphatic heterocycles. The fourth-order valence-corrected chi connectivity index (χ4v) is 1.25. The molecule has 0 unspecified atom stereocenters. The first kappa shape index (κ1) is 14.0. The SMILES string of the molecule is CC(C)(C)OC(=O)CCC#Cc1cncc(N)c1. The average Bonchev–Trinajstić information content (AvgIpc) is 2.22. The summed E-state index contributed by atoms with van der Waals surface area (Å²) in [6.45, 7) is 5.53. The lowest BCUT2D eigenvalue weighted by Gasteiger charge is -2.18. The lowest BCUT2D eigenvalue weighted by molar-refractivity contribution is -0.154. The molecular formula is C14H18N2O2. The lowest BCUT2D eigenvalue weighted by atomic mass is 10.2. The van der Waals surface area contributed by atoms with Crippen LogP contribution >= 0.6 is 0 Å². The van der Waals surface area contributed by atoms with Gasteiger partial charge in [0.05, 0.1) is 12.1 Å². The van der Waals surface area contributed by atoms with Gasteiger partial charge in [0, 0.05) is 24.4 Å². The van der Waals surface area contributed by atoms with Gasteiger partial charge in [0.2, 0.25) is 0 Å². The zero-order valence-electron chi connectivity index (χ0n) is 11.0. The second kappa shape index (κ2) is 6.06. The van der Waals surface area contributed by atoms with Gasteiger partial charge >= 0.3 is 5.97 Å². The van der Waals surface area contributed by atoms with Crippen LogP contribution in [-0.2, 0) is 9.53 Å². The number of rotatable bonds is 2. The van der Waals surface area contributed by atoms with Crippen molar-refractivity contribution in [2.24, 2.45) is 0 Å². The summed E-state index contributed by atoms with van der Waals surface area (Å²) in [6, 6.07) is 1.74. The number of ether oxygens (including phenoxy) is 1. The number of anilines is 1. The van der Waals surface area contributed by atoms with Crippen molar-refractivity contribution in [2.45, 2.75) is 39.2 Å². The maximum atomic E-state index is 11.4. The van der Waals surface area contributed by atoms with Crippen molar-refractivity contribution in [3.63, 3.8) is 0 Å². The van der Waals surface area contributed by atoms with E-state index in [-0.39, 0.29) is 5.97 Å². The summed E-state index contributed by atoms with van der Waals surface area (Å²) >= 11 is 0. The summed E-state index contributed by atoms with van der Waals surface area (Å²) in [4.78, 5) is 15.3. The van der Waals surface area contributed by atoms with E-state index in [1.807, 2.05) is 20.8 Å². The Balaban J connectivity index is 2.41. The lowest BCUT2D eigenvalue weighted by Crippen LogP contribution is -2.23. The Morgan fingerprint density at radius 2 is 2.17 bits per heavy atom. The van der Waals surface area contributed by atoms with Gasteiger partial charge in [0.15, 0.2) is 0 Å². The van der Waals surface area contributed by atoms with Crippen molar-refractivity contribution in [3.05, 3.63) is 24.0 Å². The molecule has 0 saturated carbocycles. The van der Waals surface area contributed by atoms with Gasteiger partial charge in [-0.1, -0.05) is 11.8 Å². The van der Waals surface area contributed by atoms with E-state index in [0.29, 0.717) is 18.5 Å². The molecule has 0 saturated heterocycles. The molecule has 0 bridgehead atoms. The smallest absolute Gasteiger partial charge is 0.307 e. The van der Waals surface area contributed by atoms with Crippen molar-refractivity contribution in [2.75, 3.05) is 5.73 Å². The minimum atomic E-state index is -0.442. The van der Waals surface area contributed by atoms with E-state index in [4.69, 9.17) is 10.5 Å². The molecule has 1 heterocycles. The number of hydrogen-bond donors (Lipinski definition) is 1. The molecule has 4 heteroatoms. The molecule has 4 nitrogen and oxygen atoms in total. The first-order valence-electron chi connectivity index (χ1n) is 5.78. The molecule has 1 aromatic heterocycles. The summed E-state index contributed by atoms with van der Waals surface area (Å²) in [5.74, 6) is 5.57. The van der Waals surface area contributed by atoms with Crippen molar-refractivity contribution in [3.8, 4) is 11.8 Å². The van der Waals surface area contributed by atoms with Crippen molar-refractivity contribution < 1.29 is 9.53 Å². The number of aromatic nitrogens is 1. The Morgan fingerprint density at radius 1 is 1.44 bits per heavy atom. The van der Waals surface area contributed by atoms with Crippen molar-refractivity contribution >= 4 is 11.7 Å². The minimum Gasteiger partial charge on any atom is -0.460 e. The summed E-state index contributed by atoms with van der Waals surface area (Å²) in [5, 5.41) is 0. The zero-order valence-corrected chi connectivity index (χ0v) is 11.0. The Kier molecular flexibility index (Phi) is 4.73. The Bertz CT molecular complexity index is 479. The van der Waals surface area contributed by atoms with Crippen LogP contribution in [0.1, 0.15) is 39.2 Å². The van der Waals surface area contributed by atoms with Crippen LogP contribution in [0.4, 0.5) is 5.69 Å². The maximum absolute atomic E-state index is 11.4. The highest BCUT2D eigenvalue weighted by molar-refractivity contribution is 5.70. The molecule has 1 rings (SSSR count). The van der Waals surface area contributed by atoms with Gasteiger partial charge in [-0.15, -0.1) is 0 Å². The van der Waals surface area contributed by atoms with E-state index in [9.17, 15) is 4.79 Å². The highest BCUT2D eigenvalue weighted by Gasteiger charge is 2.15. The molecule has 96 valence electrons. The molecule has 0 amide bonds. The van der Waals surface area contributed by atoms with Crippen LogP contribution < -0.4 is 5.73 Å². The summed E-state index contributed by atoms with van der Waals surface area (Å²) < 4.78 is 5.17. The number of hydrogen-bond acceptors (Lipinski definition) is 4. The normalized spacial score (nSPS) is 10.4. The summed E-state index contributed by atoms with van der Waals surface area (Å²) in [5.41, 5.74) is 6.46. The second-order valence-electron chi connectivity index (χ2n) is 4.90. The Hall–Kier alpha value is -2.02. The molecule has 0 radical (unpaired) electrons. The molecule has 0 aliphatic rings. The largest absolute Gasteiger partial charge is 0.460 e. The average molecular weight is 246 g/mol. The molecule has 0 spiro atoms. The van der Waals surface area contributed by atoms with Crippen LogP contribution in [0.15, 0.2) is 18.5 Å². The molecule has 1 aromatic rings. The van der Waals surface area contributed by atoms with Gasteiger partial charge in [-0.3, -0.25) is 9.78 Å².